The molecule has 1 heterocycles. The number of hydrogen-bond donors (Lipinski definition) is 0. The van der Waals surface area contributed by atoms with Gasteiger partial charge in [0.1, 0.15) is 5.82 Å². The Morgan fingerprint density at radius 3 is 2.58 bits per heavy atom. The summed E-state index contributed by atoms with van der Waals surface area (Å²) in [6.45, 7) is 2.41. The summed E-state index contributed by atoms with van der Waals surface area (Å²) in [5.74, 6) is -0.499. The van der Waals surface area contributed by atoms with Crippen molar-refractivity contribution in [1.29, 1.82) is 0 Å². The number of methoxy groups -OCH3 is 1. The van der Waals surface area contributed by atoms with Gasteiger partial charge in [-0.2, -0.15) is 0 Å². The van der Waals surface area contributed by atoms with Crippen LogP contribution in [0.1, 0.15) is 18.4 Å². The number of nitrogens with zero attached hydrogens (tertiary/aromatic N) is 3. The van der Waals surface area contributed by atoms with Crippen molar-refractivity contribution in [1.82, 2.24) is 14.7 Å². The summed E-state index contributed by atoms with van der Waals surface area (Å²) >= 11 is 0. The maximum Gasteiger partial charge on any atom is 0.319 e. The average molecular weight is 365 g/mol. The van der Waals surface area contributed by atoms with Gasteiger partial charge in [0.05, 0.1) is 12.5 Å². The third-order valence-electron chi connectivity index (χ3n) is 4.59. The fourth-order valence-corrected chi connectivity index (χ4v) is 3.17. The number of amides is 3. The summed E-state index contributed by atoms with van der Waals surface area (Å²) in [5, 5.41) is 0. The van der Waals surface area contributed by atoms with Crippen LogP contribution >= 0.6 is 0 Å². The highest BCUT2D eigenvalue weighted by Crippen LogP contribution is 2.21. The van der Waals surface area contributed by atoms with Crippen LogP contribution < -0.4 is 0 Å². The SMILES string of the molecule is COCCN(Cc1ccc(F)cc1)C(=O)C1CCCN(C(=O)N(C)C)C1. The van der Waals surface area contributed by atoms with E-state index in [1.807, 2.05) is 0 Å². The minimum atomic E-state index is -0.298. The summed E-state index contributed by atoms with van der Waals surface area (Å²) in [6, 6.07) is 6.10. The number of ether oxygens (including phenoxy) is 1. The van der Waals surface area contributed by atoms with Crippen molar-refractivity contribution in [2.24, 2.45) is 5.92 Å². The fraction of sp³-hybridized carbons (Fsp3) is 0.579. The van der Waals surface area contributed by atoms with Gasteiger partial charge in [0.25, 0.3) is 0 Å². The molecule has 0 aromatic heterocycles. The van der Waals surface area contributed by atoms with E-state index in [-0.39, 0.29) is 23.7 Å². The Hall–Kier alpha value is -2.15. The number of carbonyl (C=O) groups excluding carboxylic acids is 2. The molecule has 1 fully saturated rings. The van der Waals surface area contributed by atoms with E-state index < -0.39 is 0 Å². The van der Waals surface area contributed by atoms with Gasteiger partial charge in [-0.3, -0.25) is 4.79 Å². The molecule has 0 saturated carbocycles. The first-order chi connectivity index (χ1) is 12.4. The standard InChI is InChI=1S/C19H28FN3O3/c1-21(2)19(25)23-10-4-5-16(14-23)18(24)22(11-12-26-3)13-15-6-8-17(20)9-7-15/h6-9,16H,4-5,10-14H2,1-3H3. The molecule has 1 aliphatic heterocycles. The molecule has 0 spiro atoms. The molecule has 1 unspecified atom stereocenters. The lowest BCUT2D eigenvalue weighted by molar-refractivity contribution is -0.138. The monoisotopic (exact) mass is 365 g/mol. The van der Waals surface area contributed by atoms with E-state index in [1.165, 1.54) is 17.0 Å². The molecule has 7 heteroatoms. The number of carbonyl (C=O) groups is 2. The zero-order chi connectivity index (χ0) is 19.1. The molecule has 6 nitrogen and oxygen atoms in total. The van der Waals surface area contributed by atoms with Gasteiger partial charge >= 0.3 is 6.03 Å². The van der Waals surface area contributed by atoms with Crippen molar-refractivity contribution in [3.8, 4) is 0 Å². The van der Waals surface area contributed by atoms with Crippen LogP contribution in [-0.4, -0.2) is 74.1 Å². The van der Waals surface area contributed by atoms with Crippen molar-refractivity contribution < 1.29 is 18.7 Å². The summed E-state index contributed by atoms with van der Waals surface area (Å²) in [4.78, 5) is 30.3. The number of piperidine rings is 1. The predicted molar refractivity (Wildman–Crippen MR) is 97.1 cm³/mol. The molecule has 26 heavy (non-hydrogen) atoms. The van der Waals surface area contributed by atoms with Gasteiger partial charge < -0.3 is 19.4 Å². The lowest BCUT2D eigenvalue weighted by atomic mass is 9.96. The van der Waals surface area contributed by atoms with Crippen LogP contribution in [0.4, 0.5) is 9.18 Å². The van der Waals surface area contributed by atoms with Gasteiger partial charge in [-0.25, -0.2) is 9.18 Å². The Bertz CT molecular complexity index is 607. The number of urea groups is 1. The lowest BCUT2D eigenvalue weighted by Gasteiger charge is -2.36. The molecule has 1 aliphatic rings. The molecule has 1 atom stereocenters. The van der Waals surface area contributed by atoms with Crippen molar-refractivity contribution in [2.45, 2.75) is 19.4 Å². The maximum atomic E-state index is 13.1. The van der Waals surface area contributed by atoms with Crippen LogP contribution in [-0.2, 0) is 16.1 Å². The van der Waals surface area contributed by atoms with Crippen LogP contribution in [0, 0.1) is 11.7 Å². The predicted octanol–water partition coefficient (Wildman–Crippen LogP) is 2.19. The van der Waals surface area contributed by atoms with Crippen LogP contribution in [0.2, 0.25) is 0 Å². The molecular weight excluding hydrogens is 337 g/mol. The van der Waals surface area contributed by atoms with Crippen LogP contribution in [0.15, 0.2) is 24.3 Å². The normalized spacial score (nSPS) is 17.1. The molecule has 0 aliphatic carbocycles. The third-order valence-corrected chi connectivity index (χ3v) is 4.59. The molecule has 0 bridgehead atoms. The summed E-state index contributed by atoms with van der Waals surface area (Å²) in [6.07, 6.45) is 1.58. The molecule has 3 amide bonds. The number of rotatable bonds is 6. The van der Waals surface area contributed by atoms with Crippen LogP contribution in [0.3, 0.4) is 0 Å². The van der Waals surface area contributed by atoms with E-state index in [9.17, 15) is 14.0 Å². The van der Waals surface area contributed by atoms with E-state index in [2.05, 4.69) is 0 Å². The number of hydrogen-bond acceptors (Lipinski definition) is 3. The highest BCUT2D eigenvalue weighted by atomic mass is 19.1. The number of halogens is 1. The van der Waals surface area contributed by atoms with Crippen molar-refractivity contribution in [2.75, 3.05) is 47.4 Å². The highest BCUT2D eigenvalue weighted by Gasteiger charge is 2.31. The first kappa shape index (κ1) is 20.2. The van der Waals surface area contributed by atoms with Crippen LogP contribution in [0.5, 0.6) is 0 Å². The van der Waals surface area contributed by atoms with Crippen molar-refractivity contribution in [3.63, 3.8) is 0 Å². The summed E-state index contributed by atoms with van der Waals surface area (Å²) in [7, 11) is 5.03. The Morgan fingerprint density at radius 1 is 1.27 bits per heavy atom. The first-order valence-electron chi connectivity index (χ1n) is 8.90. The Morgan fingerprint density at radius 2 is 1.96 bits per heavy atom. The average Bonchev–Trinajstić information content (AvgIpc) is 2.65. The fourth-order valence-electron chi connectivity index (χ4n) is 3.17. The topological polar surface area (TPSA) is 53.1 Å². The highest BCUT2D eigenvalue weighted by molar-refractivity contribution is 5.81. The van der Waals surface area contributed by atoms with Gasteiger partial charge in [-0.1, -0.05) is 12.1 Å². The van der Waals surface area contributed by atoms with E-state index >= 15 is 0 Å². The number of likely N-dealkylation sites (tertiary alicyclic amines) is 1. The Labute approximate surface area is 154 Å². The first-order valence-corrected chi connectivity index (χ1v) is 8.90. The van der Waals surface area contributed by atoms with Crippen molar-refractivity contribution in [3.05, 3.63) is 35.6 Å². The molecule has 1 saturated heterocycles. The molecule has 2 rings (SSSR count). The van der Waals surface area contributed by atoms with E-state index in [0.29, 0.717) is 32.8 Å². The number of benzene rings is 1. The van der Waals surface area contributed by atoms with Crippen molar-refractivity contribution >= 4 is 11.9 Å². The second-order valence-corrected chi connectivity index (χ2v) is 6.84. The molecule has 144 valence electrons. The minimum absolute atomic E-state index is 0.0163. The summed E-state index contributed by atoms with van der Waals surface area (Å²) < 4.78 is 18.3. The minimum Gasteiger partial charge on any atom is -0.383 e. The zero-order valence-corrected chi connectivity index (χ0v) is 15.8. The quantitative estimate of drug-likeness (QED) is 0.777. The second kappa shape index (κ2) is 9.52. The Balaban J connectivity index is 2.07. The lowest BCUT2D eigenvalue weighted by Crippen LogP contribution is -2.49. The van der Waals surface area contributed by atoms with Gasteiger partial charge in [0.15, 0.2) is 0 Å². The van der Waals surface area contributed by atoms with E-state index in [0.717, 1.165) is 18.4 Å². The van der Waals surface area contributed by atoms with E-state index in [1.54, 1.807) is 43.1 Å². The maximum absolute atomic E-state index is 13.1. The van der Waals surface area contributed by atoms with Gasteiger partial charge in [0, 0.05) is 47.4 Å². The molecule has 0 N–H and O–H groups in total. The van der Waals surface area contributed by atoms with Gasteiger partial charge in [-0.05, 0) is 30.5 Å². The zero-order valence-electron chi connectivity index (χ0n) is 15.8. The molecule has 0 radical (unpaired) electrons. The third kappa shape index (κ3) is 5.42. The molecular formula is C19H28FN3O3. The van der Waals surface area contributed by atoms with Gasteiger partial charge in [0.2, 0.25) is 5.91 Å². The molecule has 1 aromatic carbocycles. The Kier molecular flexibility index (Phi) is 7.38. The van der Waals surface area contributed by atoms with Gasteiger partial charge in [-0.15, -0.1) is 0 Å². The smallest absolute Gasteiger partial charge is 0.319 e. The van der Waals surface area contributed by atoms with Crippen LogP contribution in [0.25, 0.3) is 0 Å². The largest absolute Gasteiger partial charge is 0.383 e. The molecule has 1 aromatic rings. The van der Waals surface area contributed by atoms with E-state index in [4.69, 9.17) is 4.74 Å². The second-order valence-electron chi connectivity index (χ2n) is 6.84. The summed E-state index contributed by atoms with van der Waals surface area (Å²) in [5.41, 5.74) is 0.868.